The zero-order valence-corrected chi connectivity index (χ0v) is 10.2. The van der Waals surface area contributed by atoms with E-state index in [0.29, 0.717) is 6.61 Å². The number of ether oxygens (including phenoxy) is 1. The first-order valence-electron chi connectivity index (χ1n) is 5.89. The fourth-order valence-electron chi connectivity index (χ4n) is 1.72. The standard InChI is InChI=1S/C16H16O2/c1-13(14-5-3-2-4-6-14)15-7-9-16(10-8-15)18-12-11-17/h2-10,17H,1,11-12H2. The third-order valence-corrected chi connectivity index (χ3v) is 2.69. The quantitative estimate of drug-likeness (QED) is 0.870. The summed E-state index contributed by atoms with van der Waals surface area (Å²) in [4.78, 5) is 0. The maximum Gasteiger partial charge on any atom is 0.119 e. The van der Waals surface area contributed by atoms with Gasteiger partial charge in [-0.05, 0) is 28.8 Å². The van der Waals surface area contributed by atoms with Crippen LogP contribution >= 0.6 is 0 Å². The Kier molecular flexibility index (Phi) is 4.15. The van der Waals surface area contributed by atoms with Gasteiger partial charge in [0.25, 0.3) is 0 Å². The Hall–Kier alpha value is -2.06. The molecule has 0 saturated carbocycles. The molecule has 0 aliphatic rings. The van der Waals surface area contributed by atoms with E-state index in [9.17, 15) is 0 Å². The number of hydrogen-bond donors (Lipinski definition) is 1. The van der Waals surface area contributed by atoms with Gasteiger partial charge in [-0.15, -0.1) is 0 Å². The normalized spacial score (nSPS) is 10.1. The summed E-state index contributed by atoms with van der Waals surface area (Å²) in [5.74, 6) is 0.758. The number of rotatable bonds is 5. The Bertz CT molecular complexity index is 500. The summed E-state index contributed by atoms with van der Waals surface area (Å²) in [6.45, 7) is 4.45. The van der Waals surface area contributed by atoms with E-state index in [1.54, 1.807) is 0 Å². The van der Waals surface area contributed by atoms with Gasteiger partial charge >= 0.3 is 0 Å². The lowest BCUT2D eigenvalue weighted by molar-refractivity contribution is 0.201. The molecule has 0 unspecified atom stereocenters. The van der Waals surface area contributed by atoms with Crippen LogP contribution in [0.2, 0.25) is 0 Å². The van der Waals surface area contributed by atoms with Crippen LogP contribution in [0.25, 0.3) is 5.57 Å². The van der Waals surface area contributed by atoms with E-state index in [1.807, 2.05) is 54.6 Å². The minimum Gasteiger partial charge on any atom is -0.491 e. The molecule has 0 bridgehead atoms. The van der Waals surface area contributed by atoms with E-state index in [2.05, 4.69) is 6.58 Å². The van der Waals surface area contributed by atoms with E-state index < -0.39 is 0 Å². The summed E-state index contributed by atoms with van der Waals surface area (Å²) in [7, 11) is 0. The molecule has 0 aliphatic heterocycles. The zero-order chi connectivity index (χ0) is 12.8. The number of hydrogen-bond acceptors (Lipinski definition) is 2. The highest BCUT2D eigenvalue weighted by Gasteiger charge is 2.02. The van der Waals surface area contributed by atoms with Gasteiger partial charge in [0.1, 0.15) is 12.4 Å². The van der Waals surface area contributed by atoms with Crippen molar-refractivity contribution >= 4 is 5.57 Å². The molecule has 2 aromatic rings. The van der Waals surface area contributed by atoms with Gasteiger partial charge in [-0.25, -0.2) is 0 Å². The van der Waals surface area contributed by atoms with Crippen molar-refractivity contribution < 1.29 is 9.84 Å². The molecule has 0 aromatic heterocycles. The van der Waals surface area contributed by atoms with Gasteiger partial charge in [0, 0.05) is 0 Å². The Morgan fingerprint density at radius 3 is 2.17 bits per heavy atom. The highest BCUT2D eigenvalue weighted by Crippen LogP contribution is 2.23. The SMILES string of the molecule is C=C(c1ccccc1)c1ccc(OCCO)cc1. The lowest BCUT2D eigenvalue weighted by atomic mass is 10.00. The first-order valence-corrected chi connectivity index (χ1v) is 5.89. The molecule has 2 rings (SSSR count). The predicted octanol–water partition coefficient (Wildman–Crippen LogP) is 3.12. The summed E-state index contributed by atoms with van der Waals surface area (Å²) in [5, 5.41) is 8.68. The van der Waals surface area contributed by atoms with Gasteiger partial charge in [-0.1, -0.05) is 49.0 Å². The van der Waals surface area contributed by atoms with E-state index >= 15 is 0 Å². The summed E-state index contributed by atoms with van der Waals surface area (Å²) in [5.41, 5.74) is 3.17. The van der Waals surface area contributed by atoms with Crippen molar-refractivity contribution in [2.24, 2.45) is 0 Å². The summed E-state index contributed by atoms with van der Waals surface area (Å²) >= 11 is 0. The fourth-order valence-corrected chi connectivity index (χ4v) is 1.72. The molecule has 0 spiro atoms. The number of aliphatic hydroxyl groups excluding tert-OH is 1. The zero-order valence-electron chi connectivity index (χ0n) is 10.2. The molecular formula is C16H16O2. The highest BCUT2D eigenvalue weighted by molar-refractivity contribution is 5.78. The van der Waals surface area contributed by atoms with Gasteiger partial charge < -0.3 is 9.84 Å². The third kappa shape index (κ3) is 2.99. The molecule has 0 heterocycles. The van der Waals surface area contributed by atoms with Gasteiger partial charge in [-0.2, -0.15) is 0 Å². The van der Waals surface area contributed by atoms with Gasteiger partial charge in [0.2, 0.25) is 0 Å². The molecular weight excluding hydrogens is 224 g/mol. The van der Waals surface area contributed by atoms with Crippen LogP contribution in [-0.4, -0.2) is 18.3 Å². The second-order valence-electron chi connectivity index (χ2n) is 3.94. The monoisotopic (exact) mass is 240 g/mol. The van der Waals surface area contributed by atoms with Crippen LogP contribution < -0.4 is 4.74 Å². The third-order valence-electron chi connectivity index (χ3n) is 2.69. The highest BCUT2D eigenvalue weighted by atomic mass is 16.5. The van der Waals surface area contributed by atoms with Crippen molar-refractivity contribution in [2.75, 3.05) is 13.2 Å². The predicted molar refractivity (Wildman–Crippen MR) is 73.6 cm³/mol. The van der Waals surface area contributed by atoms with Crippen LogP contribution in [-0.2, 0) is 0 Å². The Morgan fingerprint density at radius 1 is 0.944 bits per heavy atom. The molecule has 0 atom stereocenters. The Balaban J connectivity index is 2.12. The summed E-state index contributed by atoms with van der Waals surface area (Å²) in [6, 6.07) is 17.8. The second kappa shape index (κ2) is 6.03. The minimum atomic E-state index is 0.0263. The van der Waals surface area contributed by atoms with Gasteiger partial charge in [0.05, 0.1) is 6.61 Å². The number of benzene rings is 2. The van der Waals surface area contributed by atoms with Crippen LogP contribution in [0.1, 0.15) is 11.1 Å². The van der Waals surface area contributed by atoms with Gasteiger partial charge in [-0.3, -0.25) is 0 Å². The largest absolute Gasteiger partial charge is 0.491 e. The van der Waals surface area contributed by atoms with E-state index in [1.165, 1.54) is 0 Å². The van der Waals surface area contributed by atoms with Crippen molar-refractivity contribution in [1.82, 2.24) is 0 Å². The Morgan fingerprint density at radius 2 is 1.56 bits per heavy atom. The number of aliphatic hydroxyl groups is 1. The van der Waals surface area contributed by atoms with Crippen molar-refractivity contribution in [3.63, 3.8) is 0 Å². The molecule has 1 N–H and O–H groups in total. The topological polar surface area (TPSA) is 29.5 Å². The lowest BCUT2D eigenvalue weighted by Gasteiger charge is -2.08. The lowest BCUT2D eigenvalue weighted by Crippen LogP contribution is -2.01. The van der Waals surface area contributed by atoms with Crippen molar-refractivity contribution in [2.45, 2.75) is 0 Å². The van der Waals surface area contributed by atoms with Crippen molar-refractivity contribution in [3.8, 4) is 5.75 Å². The molecule has 0 aliphatic carbocycles. The molecule has 92 valence electrons. The van der Waals surface area contributed by atoms with E-state index in [-0.39, 0.29) is 6.61 Å². The minimum absolute atomic E-state index is 0.0263. The van der Waals surface area contributed by atoms with Crippen LogP contribution in [0.15, 0.2) is 61.2 Å². The first-order chi connectivity index (χ1) is 8.81. The fraction of sp³-hybridized carbons (Fsp3) is 0.125. The molecule has 0 amide bonds. The first kappa shape index (κ1) is 12.4. The van der Waals surface area contributed by atoms with Crippen molar-refractivity contribution in [3.05, 3.63) is 72.3 Å². The van der Waals surface area contributed by atoms with Crippen LogP contribution in [0.4, 0.5) is 0 Å². The molecule has 2 aromatic carbocycles. The van der Waals surface area contributed by atoms with Crippen molar-refractivity contribution in [1.29, 1.82) is 0 Å². The second-order valence-corrected chi connectivity index (χ2v) is 3.94. The van der Waals surface area contributed by atoms with E-state index in [0.717, 1.165) is 22.4 Å². The summed E-state index contributed by atoms with van der Waals surface area (Å²) < 4.78 is 5.32. The average Bonchev–Trinajstić information content (AvgIpc) is 2.46. The molecule has 0 radical (unpaired) electrons. The van der Waals surface area contributed by atoms with Crippen LogP contribution in [0, 0.1) is 0 Å². The molecule has 0 saturated heterocycles. The van der Waals surface area contributed by atoms with E-state index in [4.69, 9.17) is 9.84 Å². The van der Waals surface area contributed by atoms with Crippen LogP contribution in [0.5, 0.6) is 5.75 Å². The molecule has 18 heavy (non-hydrogen) atoms. The Labute approximate surface area is 107 Å². The maximum atomic E-state index is 8.68. The average molecular weight is 240 g/mol. The molecule has 2 nitrogen and oxygen atoms in total. The summed E-state index contributed by atoms with van der Waals surface area (Å²) in [6.07, 6.45) is 0. The molecule has 2 heteroatoms. The maximum absolute atomic E-state index is 8.68. The molecule has 0 fully saturated rings. The smallest absolute Gasteiger partial charge is 0.119 e. The van der Waals surface area contributed by atoms with Gasteiger partial charge in [0.15, 0.2) is 0 Å². The van der Waals surface area contributed by atoms with Crippen LogP contribution in [0.3, 0.4) is 0 Å².